The summed E-state index contributed by atoms with van der Waals surface area (Å²) in [5, 5.41) is 1.62. The van der Waals surface area contributed by atoms with Crippen molar-refractivity contribution in [2.24, 2.45) is 0 Å². The third-order valence-electron chi connectivity index (χ3n) is 2.65. The molecule has 3 nitrogen and oxygen atoms in total. The highest BCUT2D eigenvalue weighted by molar-refractivity contribution is 6.00. The minimum atomic E-state index is -2.37. The van der Waals surface area contributed by atoms with E-state index >= 15 is 0 Å². The van der Waals surface area contributed by atoms with E-state index in [0.717, 1.165) is 10.8 Å². The molecule has 0 atom stereocenters. The highest BCUT2D eigenvalue weighted by Crippen LogP contribution is 2.29. The molecule has 0 amide bonds. The predicted octanol–water partition coefficient (Wildman–Crippen LogP) is 2.52. The molecule has 0 aliphatic carbocycles. The average molecular weight is 237 g/mol. The fraction of sp³-hybridized carbons (Fsp3) is 0.250. The number of nitrogen functional groups attached to an aromatic ring is 1. The standard InChI is InChI=1S/C12H13F2N3/c1-17(7-12(13)14)11-3-2-10(15)8-4-5-16-6-9(8)11/h2-6,12H,7,15H2,1H3. The lowest BCUT2D eigenvalue weighted by molar-refractivity contribution is 0.156. The van der Waals surface area contributed by atoms with E-state index in [1.54, 1.807) is 37.6 Å². The summed E-state index contributed by atoms with van der Waals surface area (Å²) in [4.78, 5) is 5.51. The molecular formula is C12H13F2N3. The number of nitrogens with two attached hydrogens (primary N) is 1. The van der Waals surface area contributed by atoms with Crippen molar-refractivity contribution < 1.29 is 8.78 Å². The van der Waals surface area contributed by atoms with E-state index in [2.05, 4.69) is 4.98 Å². The normalized spacial score (nSPS) is 11.1. The number of pyridine rings is 1. The molecule has 1 aromatic carbocycles. The Hall–Kier alpha value is -1.91. The van der Waals surface area contributed by atoms with Crippen LogP contribution < -0.4 is 10.6 Å². The second-order valence-electron chi connectivity index (χ2n) is 3.87. The molecular weight excluding hydrogens is 224 g/mol. The number of hydrogen-bond acceptors (Lipinski definition) is 3. The van der Waals surface area contributed by atoms with Crippen LogP contribution in [0.4, 0.5) is 20.2 Å². The lowest BCUT2D eigenvalue weighted by atomic mass is 10.1. The molecule has 0 aliphatic heterocycles. The van der Waals surface area contributed by atoms with Crippen LogP contribution in [0.15, 0.2) is 30.6 Å². The number of halogens is 2. The first kappa shape index (κ1) is 11.6. The number of anilines is 2. The van der Waals surface area contributed by atoms with Crippen LogP contribution in [-0.2, 0) is 0 Å². The molecule has 1 aromatic heterocycles. The predicted molar refractivity (Wildman–Crippen MR) is 65.4 cm³/mol. The van der Waals surface area contributed by atoms with Crippen molar-refractivity contribution in [3.05, 3.63) is 30.6 Å². The van der Waals surface area contributed by atoms with Gasteiger partial charge in [0.25, 0.3) is 6.43 Å². The molecule has 0 fully saturated rings. The van der Waals surface area contributed by atoms with E-state index in [4.69, 9.17) is 5.73 Å². The Kier molecular flexibility index (Phi) is 3.08. The summed E-state index contributed by atoms with van der Waals surface area (Å²) in [6.45, 7) is -0.312. The third kappa shape index (κ3) is 2.27. The van der Waals surface area contributed by atoms with Gasteiger partial charge < -0.3 is 10.6 Å². The van der Waals surface area contributed by atoms with Gasteiger partial charge in [0.1, 0.15) is 0 Å². The van der Waals surface area contributed by atoms with Crippen molar-refractivity contribution in [3.8, 4) is 0 Å². The zero-order valence-electron chi connectivity index (χ0n) is 9.40. The number of nitrogens with zero attached hydrogens (tertiary/aromatic N) is 2. The maximum absolute atomic E-state index is 12.4. The van der Waals surface area contributed by atoms with E-state index in [-0.39, 0.29) is 6.54 Å². The van der Waals surface area contributed by atoms with Gasteiger partial charge in [0, 0.05) is 41.6 Å². The molecule has 2 rings (SSSR count). The molecule has 0 saturated heterocycles. The van der Waals surface area contributed by atoms with Crippen LogP contribution in [0.2, 0.25) is 0 Å². The minimum Gasteiger partial charge on any atom is -0.398 e. The van der Waals surface area contributed by atoms with Crippen LogP contribution in [0.3, 0.4) is 0 Å². The number of hydrogen-bond donors (Lipinski definition) is 1. The summed E-state index contributed by atoms with van der Waals surface area (Å²) >= 11 is 0. The largest absolute Gasteiger partial charge is 0.398 e. The van der Waals surface area contributed by atoms with Gasteiger partial charge in [-0.15, -0.1) is 0 Å². The Balaban J connectivity index is 2.51. The molecule has 0 unspecified atom stereocenters. The number of rotatable bonds is 3. The topological polar surface area (TPSA) is 42.1 Å². The molecule has 1 heterocycles. The van der Waals surface area contributed by atoms with Gasteiger partial charge in [-0.3, -0.25) is 4.98 Å². The van der Waals surface area contributed by atoms with E-state index < -0.39 is 6.43 Å². The molecule has 0 bridgehead atoms. The summed E-state index contributed by atoms with van der Waals surface area (Å²) in [5.74, 6) is 0. The number of benzene rings is 1. The monoisotopic (exact) mass is 237 g/mol. The Morgan fingerprint density at radius 2 is 2.06 bits per heavy atom. The van der Waals surface area contributed by atoms with Crippen molar-refractivity contribution in [3.63, 3.8) is 0 Å². The van der Waals surface area contributed by atoms with E-state index in [9.17, 15) is 8.78 Å². The Bertz CT molecular complexity index is 528. The van der Waals surface area contributed by atoms with Crippen molar-refractivity contribution in [2.75, 3.05) is 24.2 Å². The molecule has 2 aromatic rings. The van der Waals surface area contributed by atoms with Gasteiger partial charge in [0.15, 0.2) is 0 Å². The van der Waals surface area contributed by atoms with Crippen molar-refractivity contribution in [1.82, 2.24) is 4.98 Å². The van der Waals surface area contributed by atoms with Crippen molar-refractivity contribution in [1.29, 1.82) is 0 Å². The summed E-state index contributed by atoms with van der Waals surface area (Å²) in [6.07, 6.45) is 0.905. The molecule has 0 radical (unpaired) electrons. The lowest BCUT2D eigenvalue weighted by Gasteiger charge is -2.21. The highest BCUT2D eigenvalue weighted by atomic mass is 19.3. The average Bonchev–Trinajstić information content (AvgIpc) is 2.29. The van der Waals surface area contributed by atoms with Gasteiger partial charge in [-0.1, -0.05) is 0 Å². The summed E-state index contributed by atoms with van der Waals surface area (Å²) in [5.41, 5.74) is 7.16. The minimum absolute atomic E-state index is 0.312. The first-order valence-electron chi connectivity index (χ1n) is 5.21. The quantitative estimate of drug-likeness (QED) is 0.834. The molecule has 0 spiro atoms. The first-order valence-corrected chi connectivity index (χ1v) is 5.21. The second-order valence-corrected chi connectivity index (χ2v) is 3.87. The van der Waals surface area contributed by atoms with Crippen LogP contribution in [-0.4, -0.2) is 25.0 Å². The van der Waals surface area contributed by atoms with Gasteiger partial charge in [-0.05, 0) is 18.2 Å². The van der Waals surface area contributed by atoms with Gasteiger partial charge in [-0.2, -0.15) is 0 Å². The SMILES string of the molecule is CN(CC(F)F)c1ccc(N)c2ccncc12. The van der Waals surface area contributed by atoms with Crippen LogP contribution in [0, 0.1) is 0 Å². The summed E-state index contributed by atoms with van der Waals surface area (Å²) in [6, 6.07) is 5.24. The third-order valence-corrected chi connectivity index (χ3v) is 2.65. The maximum Gasteiger partial charge on any atom is 0.255 e. The Morgan fingerprint density at radius 3 is 2.76 bits per heavy atom. The lowest BCUT2D eigenvalue weighted by Crippen LogP contribution is -2.24. The molecule has 0 aliphatic rings. The van der Waals surface area contributed by atoms with E-state index in [0.29, 0.717) is 11.4 Å². The molecule has 0 saturated carbocycles. The maximum atomic E-state index is 12.4. The number of alkyl halides is 2. The second kappa shape index (κ2) is 4.53. The van der Waals surface area contributed by atoms with E-state index in [1.807, 2.05) is 0 Å². The van der Waals surface area contributed by atoms with Crippen molar-refractivity contribution in [2.45, 2.75) is 6.43 Å². The number of fused-ring (bicyclic) bond motifs is 1. The molecule has 5 heteroatoms. The Labute approximate surface area is 97.9 Å². The Morgan fingerprint density at radius 1 is 1.29 bits per heavy atom. The molecule has 17 heavy (non-hydrogen) atoms. The van der Waals surface area contributed by atoms with Crippen LogP contribution in [0.1, 0.15) is 0 Å². The van der Waals surface area contributed by atoms with Gasteiger partial charge in [0.05, 0.1) is 6.54 Å². The fourth-order valence-electron chi connectivity index (χ4n) is 1.84. The van der Waals surface area contributed by atoms with Gasteiger partial charge >= 0.3 is 0 Å². The smallest absolute Gasteiger partial charge is 0.255 e. The van der Waals surface area contributed by atoms with Gasteiger partial charge in [-0.25, -0.2) is 8.78 Å². The zero-order chi connectivity index (χ0) is 12.4. The van der Waals surface area contributed by atoms with Crippen LogP contribution in [0.5, 0.6) is 0 Å². The highest BCUT2D eigenvalue weighted by Gasteiger charge is 2.12. The van der Waals surface area contributed by atoms with Gasteiger partial charge in [0.2, 0.25) is 0 Å². The van der Waals surface area contributed by atoms with E-state index in [1.165, 1.54) is 4.90 Å². The van der Waals surface area contributed by atoms with Crippen LogP contribution >= 0.6 is 0 Å². The van der Waals surface area contributed by atoms with Crippen LogP contribution in [0.25, 0.3) is 10.8 Å². The zero-order valence-corrected chi connectivity index (χ0v) is 9.40. The summed E-state index contributed by atoms with van der Waals surface area (Å²) < 4.78 is 24.7. The summed E-state index contributed by atoms with van der Waals surface area (Å²) in [7, 11) is 1.63. The number of aromatic nitrogens is 1. The molecule has 2 N–H and O–H groups in total. The molecule has 90 valence electrons. The first-order chi connectivity index (χ1) is 8.09. The fourth-order valence-corrected chi connectivity index (χ4v) is 1.84. The van der Waals surface area contributed by atoms with Crippen molar-refractivity contribution >= 4 is 22.1 Å².